The third-order valence-corrected chi connectivity index (χ3v) is 4.81. The number of fused-ring (bicyclic) bond motifs is 1. The Balaban J connectivity index is 1.72. The Kier molecular flexibility index (Phi) is 4.42. The minimum Gasteiger partial charge on any atom is -0.365 e. The van der Waals surface area contributed by atoms with E-state index in [0.717, 1.165) is 31.4 Å². The first-order valence-corrected chi connectivity index (χ1v) is 8.86. The molecule has 132 valence electrons. The molecule has 0 atom stereocenters. The number of para-hydroxylation sites is 1. The molecule has 1 aromatic carbocycles. The van der Waals surface area contributed by atoms with E-state index in [4.69, 9.17) is 5.73 Å². The van der Waals surface area contributed by atoms with Crippen molar-refractivity contribution < 1.29 is 0 Å². The molecule has 2 heterocycles. The van der Waals surface area contributed by atoms with Crippen LogP contribution in [0, 0.1) is 11.3 Å². The van der Waals surface area contributed by atoms with Crippen LogP contribution in [-0.4, -0.2) is 26.7 Å². The number of nitrogens with one attached hydrogen (secondary N) is 2. The van der Waals surface area contributed by atoms with Gasteiger partial charge in [0.2, 0.25) is 0 Å². The van der Waals surface area contributed by atoms with Crippen LogP contribution in [0.4, 0.5) is 17.2 Å². The lowest BCUT2D eigenvalue weighted by atomic mass is 9.92. The highest BCUT2D eigenvalue weighted by Crippen LogP contribution is 2.30. The van der Waals surface area contributed by atoms with E-state index in [1.807, 2.05) is 30.3 Å². The Morgan fingerprint density at radius 3 is 2.65 bits per heavy atom. The first-order chi connectivity index (χ1) is 12.7. The molecule has 7 nitrogen and oxygen atoms in total. The zero-order chi connectivity index (χ0) is 17.9. The SMILES string of the molecule is N#Cc1c(NC2CCC(N)CC2)nn2ccnc2c1Nc1ccccc1. The van der Waals surface area contributed by atoms with Crippen molar-refractivity contribution in [1.29, 1.82) is 5.26 Å². The summed E-state index contributed by atoms with van der Waals surface area (Å²) < 4.78 is 1.70. The minimum absolute atomic E-state index is 0.278. The zero-order valence-electron chi connectivity index (χ0n) is 14.4. The molecule has 2 aromatic heterocycles. The lowest BCUT2D eigenvalue weighted by Crippen LogP contribution is -2.33. The third kappa shape index (κ3) is 3.19. The molecule has 0 radical (unpaired) electrons. The number of nitriles is 1. The summed E-state index contributed by atoms with van der Waals surface area (Å²) in [5.41, 5.74) is 8.66. The molecule has 1 aliphatic rings. The summed E-state index contributed by atoms with van der Waals surface area (Å²) in [5, 5.41) is 21.2. The lowest BCUT2D eigenvalue weighted by molar-refractivity contribution is 0.410. The van der Waals surface area contributed by atoms with Crippen molar-refractivity contribution in [1.82, 2.24) is 14.6 Å². The van der Waals surface area contributed by atoms with Crippen LogP contribution in [0.2, 0.25) is 0 Å². The summed E-state index contributed by atoms with van der Waals surface area (Å²) in [7, 11) is 0. The van der Waals surface area contributed by atoms with Gasteiger partial charge in [0.1, 0.15) is 17.3 Å². The number of rotatable bonds is 4. The van der Waals surface area contributed by atoms with E-state index >= 15 is 0 Å². The molecular formula is C19H21N7. The molecule has 0 saturated heterocycles. The third-order valence-electron chi connectivity index (χ3n) is 4.81. The van der Waals surface area contributed by atoms with Gasteiger partial charge in [-0.3, -0.25) is 0 Å². The molecule has 0 spiro atoms. The fourth-order valence-electron chi connectivity index (χ4n) is 3.40. The van der Waals surface area contributed by atoms with Crippen molar-refractivity contribution in [3.05, 3.63) is 48.3 Å². The van der Waals surface area contributed by atoms with Gasteiger partial charge in [-0.1, -0.05) is 18.2 Å². The molecule has 0 unspecified atom stereocenters. The standard InChI is InChI=1S/C19H21N7/c20-12-16-17(23-14-4-2-1-3-5-14)19-22-10-11-26(19)25-18(16)24-15-8-6-13(21)7-9-15/h1-5,10-11,13,15,23H,6-9,21H2,(H,24,25). The van der Waals surface area contributed by atoms with Crippen molar-refractivity contribution in [3.8, 4) is 6.07 Å². The smallest absolute Gasteiger partial charge is 0.178 e. The molecule has 26 heavy (non-hydrogen) atoms. The van der Waals surface area contributed by atoms with Crippen LogP contribution in [0.25, 0.3) is 5.65 Å². The first kappa shape index (κ1) is 16.4. The second-order valence-electron chi connectivity index (χ2n) is 6.65. The van der Waals surface area contributed by atoms with Gasteiger partial charge in [-0.25, -0.2) is 9.50 Å². The highest BCUT2D eigenvalue weighted by atomic mass is 15.3. The van der Waals surface area contributed by atoms with Gasteiger partial charge in [0.15, 0.2) is 11.5 Å². The Morgan fingerprint density at radius 2 is 1.92 bits per heavy atom. The summed E-state index contributed by atoms with van der Waals surface area (Å²) in [6.07, 6.45) is 7.41. The summed E-state index contributed by atoms with van der Waals surface area (Å²) in [6.45, 7) is 0. The van der Waals surface area contributed by atoms with Crippen molar-refractivity contribution in [2.75, 3.05) is 10.6 Å². The predicted molar refractivity (Wildman–Crippen MR) is 101 cm³/mol. The fraction of sp³-hybridized carbons (Fsp3) is 0.316. The molecule has 1 fully saturated rings. The normalized spacial score (nSPS) is 19.8. The molecule has 1 aliphatic carbocycles. The number of aromatic nitrogens is 3. The maximum Gasteiger partial charge on any atom is 0.178 e. The van der Waals surface area contributed by atoms with Crippen LogP contribution in [0.3, 0.4) is 0 Å². The van der Waals surface area contributed by atoms with E-state index < -0.39 is 0 Å². The van der Waals surface area contributed by atoms with E-state index in [-0.39, 0.29) is 12.1 Å². The molecule has 4 N–H and O–H groups in total. The van der Waals surface area contributed by atoms with Crippen LogP contribution < -0.4 is 16.4 Å². The molecule has 4 rings (SSSR count). The number of nitrogens with two attached hydrogens (primary N) is 1. The first-order valence-electron chi connectivity index (χ1n) is 8.86. The fourth-order valence-corrected chi connectivity index (χ4v) is 3.40. The van der Waals surface area contributed by atoms with E-state index in [9.17, 15) is 5.26 Å². The Morgan fingerprint density at radius 1 is 1.15 bits per heavy atom. The largest absolute Gasteiger partial charge is 0.365 e. The van der Waals surface area contributed by atoms with Crippen LogP contribution in [0.5, 0.6) is 0 Å². The van der Waals surface area contributed by atoms with Crippen molar-refractivity contribution in [2.24, 2.45) is 5.73 Å². The monoisotopic (exact) mass is 347 g/mol. The number of anilines is 3. The van der Waals surface area contributed by atoms with Crippen molar-refractivity contribution in [2.45, 2.75) is 37.8 Å². The summed E-state index contributed by atoms with van der Waals surface area (Å²) in [5.74, 6) is 0.580. The van der Waals surface area contributed by atoms with Gasteiger partial charge in [-0.15, -0.1) is 5.10 Å². The van der Waals surface area contributed by atoms with Gasteiger partial charge < -0.3 is 16.4 Å². The average Bonchev–Trinajstić information content (AvgIpc) is 3.13. The van der Waals surface area contributed by atoms with Crippen molar-refractivity contribution in [3.63, 3.8) is 0 Å². The molecule has 1 saturated carbocycles. The summed E-state index contributed by atoms with van der Waals surface area (Å²) in [4.78, 5) is 4.36. The van der Waals surface area contributed by atoms with Gasteiger partial charge >= 0.3 is 0 Å². The van der Waals surface area contributed by atoms with Gasteiger partial charge in [0, 0.05) is 30.2 Å². The maximum atomic E-state index is 9.82. The molecular weight excluding hydrogens is 326 g/mol. The van der Waals surface area contributed by atoms with Crippen LogP contribution in [0.15, 0.2) is 42.7 Å². The van der Waals surface area contributed by atoms with E-state index in [0.29, 0.717) is 22.7 Å². The van der Waals surface area contributed by atoms with Crippen LogP contribution >= 0.6 is 0 Å². The van der Waals surface area contributed by atoms with Gasteiger partial charge in [0.05, 0.1) is 0 Å². The quantitative estimate of drug-likeness (QED) is 0.670. The molecule has 0 bridgehead atoms. The van der Waals surface area contributed by atoms with Gasteiger partial charge in [-0.05, 0) is 37.8 Å². The lowest BCUT2D eigenvalue weighted by Gasteiger charge is -2.27. The molecule has 0 aliphatic heterocycles. The van der Waals surface area contributed by atoms with Crippen molar-refractivity contribution >= 4 is 22.8 Å². The van der Waals surface area contributed by atoms with Gasteiger partial charge in [-0.2, -0.15) is 5.26 Å². The Hall–Kier alpha value is -3.11. The maximum absolute atomic E-state index is 9.82. The van der Waals surface area contributed by atoms with Gasteiger partial charge in [0.25, 0.3) is 0 Å². The molecule has 3 aromatic rings. The molecule has 7 heteroatoms. The Bertz CT molecular complexity index is 934. The highest BCUT2D eigenvalue weighted by molar-refractivity contribution is 5.83. The number of imidazole rings is 1. The minimum atomic E-state index is 0.278. The zero-order valence-corrected chi connectivity index (χ0v) is 14.4. The Labute approximate surface area is 151 Å². The predicted octanol–water partition coefficient (Wildman–Crippen LogP) is 3.03. The number of benzene rings is 1. The van der Waals surface area contributed by atoms with E-state index in [2.05, 4.69) is 26.8 Å². The second kappa shape index (κ2) is 7.02. The average molecular weight is 347 g/mol. The van der Waals surface area contributed by atoms with Crippen LogP contribution in [-0.2, 0) is 0 Å². The summed E-state index contributed by atoms with van der Waals surface area (Å²) in [6, 6.07) is 12.6. The summed E-state index contributed by atoms with van der Waals surface area (Å²) >= 11 is 0. The second-order valence-corrected chi connectivity index (χ2v) is 6.65. The van der Waals surface area contributed by atoms with E-state index in [1.165, 1.54) is 0 Å². The topological polar surface area (TPSA) is 104 Å². The van der Waals surface area contributed by atoms with Crippen LogP contribution in [0.1, 0.15) is 31.2 Å². The number of hydrogen-bond donors (Lipinski definition) is 3. The number of nitrogens with zero attached hydrogens (tertiary/aromatic N) is 4. The van der Waals surface area contributed by atoms with E-state index in [1.54, 1.807) is 16.9 Å². The number of hydrogen-bond acceptors (Lipinski definition) is 6. The highest BCUT2D eigenvalue weighted by Gasteiger charge is 2.22. The molecule has 0 amide bonds.